The van der Waals surface area contributed by atoms with Gasteiger partial charge in [-0.05, 0) is 42.4 Å². The molecule has 3 rings (SSSR count). The molecular weight excluding hydrogens is 186 g/mol. The number of allylic oxidation sites excluding steroid dienone is 3. The zero-order chi connectivity index (χ0) is 10.3. The molecule has 0 spiro atoms. The number of ketones is 1. The van der Waals surface area contributed by atoms with Crippen molar-refractivity contribution in [3.63, 3.8) is 0 Å². The molecule has 0 unspecified atom stereocenters. The van der Waals surface area contributed by atoms with Gasteiger partial charge >= 0.3 is 0 Å². The molecule has 0 N–H and O–H groups in total. The van der Waals surface area contributed by atoms with Gasteiger partial charge in [-0.15, -0.1) is 0 Å². The maximum atomic E-state index is 11.2. The molecule has 0 fully saturated rings. The number of aromatic nitrogens is 1. The van der Waals surface area contributed by atoms with Gasteiger partial charge in [0.1, 0.15) is 0 Å². The van der Waals surface area contributed by atoms with E-state index in [-0.39, 0.29) is 5.78 Å². The summed E-state index contributed by atoms with van der Waals surface area (Å²) in [5.74, 6) is 0.0413. The van der Waals surface area contributed by atoms with E-state index in [0.29, 0.717) is 0 Å². The van der Waals surface area contributed by atoms with Crippen molar-refractivity contribution in [2.24, 2.45) is 0 Å². The van der Waals surface area contributed by atoms with Crippen LogP contribution in [0.25, 0.3) is 18.2 Å². The van der Waals surface area contributed by atoms with Crippen molar-refractivity contribution >= 4 is 24.0 Å². The monoisotopic (exact) mass is 195 g/mol. The van der Waals surface area contributed by atoms with E-state index in [9.17, 15) is 4.79 Å². The quantitative estimate of drug-likeness (QED) is 0.598. The van der Waals surface area contributed by atoms with Crippen molar-refractivity contribution in [3.8, 4) is 0 Å². The molecule has 0 amide bonds. The minimum Gasteiger partial charge on any atom is -0.290 e. The SMILES string of the molecule is O=C1C=Cc2nc3c(cc2=C1)CC=CC=3. The van der Waals surface area contributed by atoms with Crippen LogP contribution < -0.4 is 10.6 Å². The van der Waals surface area contributed by atoms with Gasteiger partial charge < -0.3 is 0 Å². The van der Waals surface area contributed by atoms with Gasteiger partial charge in [0.15, 0.2) is 5.78 Å². The molecule has 2 nitrogen and oxygen atoms in total. The first-order valence-corrected chi connectivity index (χ1v) is 4.93. The molecule has 2 heteroatoms. The lowest BCUT2D eigenvalue weighted by molar-refractivity contribution is -0.109. The second kappa shape index (κ2) is 3.02. The molecule has 0 atom stereocenters. The lowest BCUT2D eigenvalue weighted by Gasteiger charge is -2.06. The third-order valence-electron chi connectivity index (χ3n) is 2.63. The van der Waals surface area contributed by atoms with Gasteiger partial charge in [-0.3, -0.25) is 4.79 Å². The van der Waals surface area contributed by atoms with Crippen LogP contribution in [0.5, 0.6) is 0 Å². The largest absolute Gasteiger partial charge is 0.290 e. The van der Waals surface area contributed by atoms with Crippen molar-refractivity contribution in [1.29, 1.82) is 0 Å². The standard InChI is InChI=1S/C13H9NO/c15-11-5-6-13-10(8-11)7-9-3-1-2-4-12(9)14-13/h1-2,4-8H,3H2. The predicted octanol–water partition coefficient (Wildman–Crippen LogP) is 0.351. The van der Waals surface area contributed by atoms with Crippen LogP contribution in [0.3, 0.4) is 0 Å². The van der Waals surface area contributed by atoms with E-state index in [1.807, 2.05) is 12.2 Å². The number of fused-ring (bicyclic) bond motifs is 2. The van der Waals surface area contributed by atoms with Crippen LogP contribution in [0.1, 0.15) is 11.3 Å². The van der Waals surface area contributed by atoms with Crippen molar-refractivity contribution in [2.75, 3.05) is 0 Å². The number of pyridine rings is 1. The van der Waals surface area contributed by atoms with E-state index in [2.05, 4.69) is 17.1 Å². The van der Waals surface area contributed by atoms with Gasteiger partial charge in [-0.2, -0.15) is 0 Å². The Morgan fingerprint density at radius 2 is 2.20 bits per heavy atom. The van der Waals surface area contributed by atoms with E-state index in [1.165, 1.54) is 5.56 Å². The fourth-order valence-electron chi connectivity index (χ4n) is 1.88. The maximum Gasteiger partial charge on any atom is 0.179 e. The summed E-state index contributed by atoms with van der Waals surface area (Å²) in [7, 11) is 0. The Morgan fingerprint density at radius 3 is 3.13 bits per heavy atom. The molecule has 0 saturated heterocycles. The van der Waals surface area contributed by atoms with Crippen LogP contribution in [0.4, 0.5) is 0 Å². The fourth-order valence-corrected chi connectivity index (χ4v) is 1.88. The highest BCUT2D eigenvalue weighted by Gasteiger charge is 2.06. The summed E-state index contributed by atoms with van der Waals surface area (Å²) in [5.41, 5.74) is 2.08. The molecular formula is C13H9NO. The summed E-state index contributed by atoms with van der Waals surface area (Å²) in [6, 6.07) is 2.05. The summed E-state index contributed by atoms with van der Waals surface area (Å²) in [6.07, 6.45) is 12.0. The molecule has 0 saturated carbocycles. The van der Waals surface area contributed by atoms with E-state index < -0.39 is 0 Å². The first-order valence-electron chi connectivity index (χ1n) is 4.93. The summed E-state index contributed by atoms with van der Waals surface area (Å²) in [4.78, 5) is 15.7. The predicted molar refractivity (Wildman–Crippen MR) is 59.3 cm³/mol. The van der Waals surface area contributed by atoms with Crippen LogP contribution in [0.15, 0.2) is 24.3 Å². The highest BCUT2D eigenvalue weighted by atomic mass is 16.1. The Labute approximate surface area is 87.0 Å². The number of carbonyl (C=O) groups is 1. The second-order valence-electron chi connectivity index (χ2n) is 3.69. The average Bonchev–Trinajstić information content (AvgIpc) is 2.26. The molecule has 0 aliphatic heterocycles. The number of nitrogens with zero attached hydrogens (tertiary/aromatic N) is 1. The zero-order valence-electron chi connectivity index (χ0n) is 8.10. The van der Waals surface area contributed by atoms with E-state index in [1.54, 1.807) is 18.2 Å². The summed E-state index contributed by atoms with van der Waals surface area (Å²) >= 11 is 0. The van der Waals surface area contributed by atoms with E-state index in [0.717, 1.165) is 22.7 Å². The average molecular weight is 195 g/mol. The third kappa shape index (κ3) is 1.34. The van der Waals surface area contributed by atoms with Crippen LogP contribution in [-0.4, -0.2) is 10.8 Å². The Bertz CT molecular complexity index is 621. The van der Waals surface area contributed by atoms with E-state index >= 15 is 0 Å². The van der Waals surface area contributed by atoms with Gasteiger partial charge in [0.2, 0.25) is 0 Å². The molecule has 0 aromatic carbocycles. The Kier molecular flexibility index (Phi) is 1.68. The topological polar surface area (TPSA) is 30.0 Å². The first-order chi connectivity index (χ1) is 7.33. The number of rotatable bonds is 0. The fraction of sp³-hybridized carbons (Fsp3) is 0.0769. The zero-order valence-corrected chi connectivity index (χ0v) is 8.10. The maximum absolute atomic E-state index is 11.2. The summed E-state index contributed by atoms with van der Waals surface area (Å²) in [5, 5.41) is 1.95. The minimum atomic E-state index is 0.0413. The van der Waals surface area contributed by atoms with Gasteiger partial charge in [-0.25, -0.2) is 4.98 Å². The normalized spacial score (nSPS) is 16.4. The highest BCUT2D eigenvalue weighted by molar-refractivity contribution is 6.16. The van der Waals surface area contributed by atoms with Crippen LogP contribution in [0.2, 0.25) is 0 Å². The van der Waals surface area contributed by atoms with Crippen LogP contribution in [0, 0.1) is 0 Å². The third-order valence-corrected chi connectivity index (χ3v) is 2.63. The smallest absolute Gasteiger partial charge is 0.179 e. The van der Waals surface area contributed by atoms with Crippen molar-refractivity contribution in [1.82, 2.24) is 4.98 Å². The van der Waals surface area contributed by atoms with Gasteiger partial charge in [0.05, 0.1) is 11.0 Å². The molecule has 2 aliphatic rings. The Morgan fingerprint density at radius 1 is 1.27 bits per heavy atom. The summed E-state index contributed by atoms with van der Waals surface area (Å²) in [6.45, 7) is 0. The van der Waals surface area contributed by atoms with Crippen LogP contribution >= 0.6 is 0 Å². The number of hydrogen-bond acceptors (Lipinski definition) is 2. The second-order valence-corrected chi connectivity index (χ2v) is 3.69. The Balaban J connectivity index is 2.36. The van der Waals surface area contributed by atoms with E-state index in [4.69, 9.17) is 0 Å². The van der Waals surface area contributed by atoms with Gasteiger partial charge in [-0.1, -0.05) is 12.2 Å². The molecule has 15 heavy (non-hydrogen) atoms. The molecule has 0 radical (unpaired) electrons. The molecule has 2 aliphatic carbocycles. The summed E-state index contributed by atoms with van der Waals surface area (Å²) < 4.78 is 0. The molecule has 0 bridgehead atoms. The van der Waals surface area contributed by atoms with Gasteiger partial charge in [0.25, 0.3) is 0 Å². The molecule has 1 aromatic rings. The van der Waals surface area contributed by atoms with Crippen molar-refractivity contribution in [2.45, 2.75) is 6.42 Å². The van der Waals surface area contributed by atoms with Crippen molar-refractivity contribution < 1.29 is 4.79 Å². The molecule has 72 valence electrons. The number of hydrogen-bond donors (Lipinski definition) is 0. The molecule has 1 aromatic heterocycles. The Hall–Kier alpha value is -1.96. The lowest BCUT2D eigenvalue weighted by Crippen LogP contribution is -2.25. The minimum absolute atomic E-state index is 0.0413. The van der Waals surface area contributed by atoms with Crippen molar-refractivity contribution in [3.05, 3.63) is 46.1 Å². The lowest BCUT2D eigenvalue weighted by atomic mass is 10.0. The number of carbonyl (C=O) groups excluding carboxylic acids is 1. The van der Waals surface area contributed by atoms with Crippen LogP contribution in [-0.2, 0) is 11.2 Å². The van der Waals surface area contributed by atoms with Gasteiger partial charge in [0, 0.05) is 5.22 Å². The molecule has 1 heterocycles. The first kappa shape index (κ1) is 8.36. The highest BCUT2D eigenvalue weighted by Crippen LogP contribution is 2.01.